The van der Waals surface area contributed by atoms with Crippen molar-refractivity contribution in [1.82, 2.24) is 20.2 Å². The zero-order chi connectivity index (χ0) is 19.8. The number of nitrogens with zero attached hydrogens (tertiary/aromatic N) is 5. The lowest BCUT2D eigenvalue weighted by Gasteiger charge is -2.42. The summed E-state index contributed by atoms with van der Waals surface area (Å²) in [6.45, 7) is 6.20. The first kappa shape index (κ1) is 18.2. The Morgan fingerprint density at radius 3 is 2.64 bits per heavy atom. The van der Waals surface area contributed by atoms with Crippen LogP contribution in [0.25, 0.3) is 22.6 Å². The van der Waals surface area contributed by atoms with Gasteiger partial charge in [-0.2, -0.15) is 5.10 Å². The number of fused-ring (bicyclic) bond motifs is 1. The van der Waals surface area contributed by atoms with E-state index in [2.05, 4.69) is 33.9 Å². The number of anilines is 2. The van der Waals surface area contributed by atoms with Gasteiger partial charge in [0.25, 0.3) is 0 Å². The Morgan fingerprint density at radius 2 is 1.96 bits per heavy atom. The standard InChI is InChI=1S/C21H24N6O/c1-5-16-21(28)26(4)17-12-22-19(24-20(17)27(16)13(2)3)15-11-23-25-18(15)14-9-7-6-8-10-14/h6-13,16H,5H2,1-4H3,(H,23,25). The topological polar surface area (TPSA) is 78.0 Å². The summed E-state index contributed by atoms with van der Waals surface area (Å²) in [6, 6.07) is 9.88. The van der Waals surface area contributed by atoms with Crippen LogP contribution in [0.15, 0.2) is 42.7 Å². The lowest BCUT2D eigenvalue weighted by atomic mass is 10.0. The second kappa shape index (κ2) is 7.07. The maximum absolute atomic E-state index is 12.8. The molecule has 0 spiro atoms. The summed E-state index contributed by atoms with van der Waals surface area (Å²) in [7, 11) is 1.79. The van der Waals surface area contributed by atoms with Crippen LogP contribution in [0.1, 0.15) is 27.2 Å². The van der Waals surface area contributed by atoms with Crippen LogP contribution in [-0.4, -0.2) is 45.2 Å². The average Bonchev–Trinajstić information content (AvgIpc) is 3.20. The smallest absolute Gasteiger partial charge is 0.249 e. The second-order valence-corrected chi connectivity index (χ2v) is 7.24. The molecule has 0 bridgehead atoms. The highest BCUT2D eigenvalue weighted by Crippen LogP contribution is 2.37. The van der Waals surface area contributed by atoms with E-state index in [1.807, 2.05) is 43.5 Å². The Labute approximate surface area is 164 Å². The van der Waals surface area contributed by atoms with Gasteiger partial charge in [-0.25, -0.2) is 9.97 Å². The fourth-order valence-electron chi connectivity index (χ4n) is 3.78. The third kappa shape index (κ3) is 2.83. The fraction of sp³-hybridized carbons (Fsp3) is 0.333. The van der Waals surface area contributed by atoms with E-state index >= 15 is 0 Å². The predicted molar refractivity (Wildman–Crippen MR) is 110 cm³/mol. The molecular weight excluding hydrogens is 352 g/mol. The third-order valence-electron chi connectivity index (χ3n) is 5.18. The van der Waals surface area contributed by atoms with Crippen LogP contribution in [0.3, 0.4) is 0 Å². The van der Waals surface area contributed by atoms with Crippen molar-refractivity contribution in [2.24, 2.45) is 0 Å². The van der Waals surface area contributed by atoms with E-state index in [0.29, 0.717) is 5.82 Å². The Balaban J connectivity index is 1.85. The fourth-order valence-corrected chi connectivity index (χ4v) is 3.78. The Hall–Kier alpha value is -3.22. The van der Waals surface area contributed by atoms with E-state index < -0.39 is 0 Å². The number of H-pyrrole nitrogens is 1. The van der Waals surface area contributed by atoms with Crippen LogP contribution in [0.4, 0.5) is 11.5 Å². The summed E-state index contributed by atoms with van der Waals surface area (Å²) in [6.07, 6.45) is 4.28. The van der Waals surface area contributed by atoms with E-state index in [-0.39, 0.29) is 18.0 Å². The van der Waals surface area contributed by atoms with E-state index in [4.69, 9.17) is 4.98 Å². The van der Waals surface area contributed by atoms with Gasteiger partial charge in [-0.15, -0.1) is 0 Å². The highest BCUT2D eigenvalue weighted by Gasteiger charge is 2.38. The number of hydrogen-bond acceptors (Lipinski definition) is 5. The van der Waals surface area contributed by atoms with E-state index in [9.17, 15) is 4.79 Å². The van der Waals surface area contributed by atoms with E-state index in [1.165, 1.54) is 0 Å². The van der Waals surface area contributed by atoms with Crippen molar-refractivity contribution in [2.75, 3.05) is 16.8 Å². The lowest BCUT2D eigenvalue weighted by Crippen LogP contribution is -2.54. The normalized spacial score (nSPS) is 16.6. The molecule has 1 N–H and O–H groups in total. The van der Waals surface area contributed by atoms with Crippen molar-refractivity contribution in [3.8, 4) is 22.6 Å². The van der Waals surface area contributed by atoms with Crippen LogP contribution < -0.4 is 9.80 Å². The Morgan fingerprint density at radius 1 is 1.21 bits per heavy atom. The van der Waals surface area contributed by atoms with Crippen LogP contribution in [0.5, 0.6) is 0 Å². The van der Waals surface area contributed by atoms with Crippen molar-refractivity contribution in [3.63, 3.8) is 0 Å². The van der Waals surface area contributed by atoms with Gasteiger partial charge in [-0.05, 0) is 20.3 Å². The van der Waals surface area contributed by atoms with Crippen LogP contribution in [0.2, 0.25) is 0 Å². The molecular formula is C21H24N6O. The predicted octanol–water partition coefficient (Wildman–Crippen LogP) is 3.50. The SMILES string of the molecule is CCC1C(=O)N(C)c2cnc(-c3c[nH]nc3-c3ccccc3)nc2N1C(C)C. The van der Waals surface area contributed by atoms with Crippen LogP contribution in [0, 0.1) is 0 Å². The highest BCUT2D eigenvalue weighted by molar-refractivity contribution is 6.04. The van der Waals surface area contributed by atoms with E-state index in [0.717, 1.165) is 34.7 Å². The van der Waals surface area contributed by atoms with Gasteiger partial charge in [0.15, 0.2) is 11.6 Å². The molecule has 7 heteroatoms. The lowest BCUT2D eigenvalue weighted by molar-refractivity contribution is -0.120. The zero-order valence-electron chi connectivity index (χ0n) is 16.5. The number of aromatic amines is 1. The molecule has 3 heterocycles. The number of likely N-dealkylation sites (N-methyl/N-ethyl adjacent to an activating group) is 1. The molecule has 3 aromatic rings. The van der Waals surface area contributed by atoms with Crippen molar-refractivity contribution in [2.45, 2.75) is 39.3 Å². The molecule has 2 aromatic heterocycles. The molecule has 1 aromatic carbocycles. The summed E-state index contributed by atoms with van der Waals surface area (Å²) in [5.74, 6) is 1.46. The Kier molecular flexibility index (Phi) is 4.58. The van der Waals surface area contributed by atoms with Gasteiger partial charge in [0.1, 0.15) is 17.4 Å². The monoisotopic (exact) mass is 376 g/mol. The van der Waals surface area contributed by atoms with Gasteiger partial charge < -0.3 is 9.80 Å². The molecule has 1 amide bonds. The number of amides is 1. The largest absolute Gasteiger partial charge is 0.340 e. The quantitative estimate of drug-likeness (QED) is 0.754. The minimum atomic E-state index is -0.224. The highest BCUT2D eigenvalue weighted by atomic mass is 16.2. The minimum Gasteiger partial charge on any atom is -0.340 e. The summed E-state index contributed by atoms with van der Waals surface area (Å²) < 4.78 is 0. The molecule has 4 rings (SSSR count). The summed E-state index contributed by atoms with van der Waals surface area (Å²) in [5.41, 5.74) is 3.38. The summed E-state index contributed by atoms with van der Waals surface area (Å²) >= 11 is 0. The maximum atomic E-state index is 12.8. The molecule has 0 fully saturated rings. The van der Waals surface area contributed by atoms with Gasteiger partial charge in [-0.3, -0.25) is 9.89 Å². The van der Waals surface area contributed by atoms with Gasteiger partial charge in [0.2, 0.25) is 5.91 Å². The van der Waals surface area contributed by atoms with Gasteiger partial charge in [0.05, 0.1) is 11.8 Å². The first-order valence-electron chi connectivity index (χ1n) is 9.55. The van der Waals surface area contributed by atoms with Crippen molar-refractivity contribution < 1.29 is 4.79 Å². The summed E-state index contributed by atoms with van der Waals surface area (Å²) in [4.78, 5) is 26.0. The molecule has 1 atom stereocenters. The van der Waals surface area contributed by atoms with Crippen molar-refractivity contribution in [1.29, 1.82) is 0 Å². The molecule has 1 aliphatic heterocycles. The molecule has 7 nitrogen and oxygen atoms in total. The Bertz CT molecular complexity index is 997. The molecule has 1 aliphatic rings. The van der Waals surface area contributed by atoms with Crippen molar-refractivity contribution >= 4 is 17.4 Å². The molecule has 0 radical (unpaired) electrons. The first-order valence-corrected chi connectivity index (χ1v) is 9.55. The van der Waals surface area contributed by atoms with E-state index in [1.54, 1.807) is 18.1 Å². The van der Waals surface area contributed by atoms with Gasteiger partial charge in [0, 0.05) is 24.8 Å². The molecule has 0 saturated carbocycles. The average molecular weight is 376 g/mol. The molecule has 144 valence electrons. The number of nitrogens with one attached hydrogen (secondary N) is 1. The number of aromatic nitrogens is 4. The van der Waals surface area contributed by atoms with Crippen LogP contribution >= 0.6 is 0 Å². The van der Waals surface area contributed by atoms with Crippen LogP contribution in [-0.2, 0) is 4.79 Å². The second-order valence-electron chi connectivity index (χ2n) is 7.24. The summed E-state index contributed by atoms with van der Waals surface area (Å²) in [5, 5.41) is 7.34. The number of carbonyl (C=O) groups excluding carboxylic acids is 1. The molecule has 28 heavy (non-hydrogen) atoms. The maximum Gasteiger partial charge on any atom is 0.249 e. The number of benzene rings is 1. The third-order valence-corrected chi connectivity index (χ3v) is 5.18. The zero-order valence-corrected chi connectivity index (χ0v) is 16.5. The van der Waals surface area contributed by atoms with Gasteiger partial charge in [-0.1, -0.05) is 37.3 Å². The van der Waals surface area contributed by atoms with Gasteiger partial charge >= 0.3 is 0 Å². The number of hydrogen-bond donors (Lipinski definition) is 1. The first-order chi connectivity index (χ1) is 13.5. The molecule has 0 aliphatic carbocycles. The minimum absolute atomic E-state index is 0.0772. The molecule has 1 unspecified atom stereocenters. The number of carbonyl (C=O) groups is 1. The van der Waals surface area contributed by atoms with Crippen molar-refractivity contribution in [3.05, 3.63) is 42.7 Å². The molecule has 0 saturated heterocycles. The number of rotatable bonds is 4.